The lowest BCUT2D eigenvalue weighted by Crippen LogP contribution is -2.44. The van der Waals surface area contributed by atoms with Crippen molar-refractivity contribution in [2.24, 2.45) is 11.8 Å². The monoisotopic (exact) mass is 363 g/mol. The predicted octanol–water partition coefficient (Wildman–Crippen LogP) is 3.73. The Morgan fingerprint density at radius 1 is 1.00 bits per heavy atom. The fourth-order valence-corrected chi connectivity index (χ4v) is 5.02. The normalized spacial score (nSPS) is 25.3. The second-order valence-corrected chi connectivity index (χ2v) is 7.74. The molecule has 1 heterocycles. The zero-order valence-electron chi connectivity index (χ0n) is 14.9. The minimum absolute atomic E-state index is 0.0102. The van der Waals surface area contributed by atoms with Crippen LogP contribution in [0.3, 0.4) is 0 Å². The van der Waals surface area contributed by atoms with Crippen LogP contribution in [0.2, 0.25) is 0 Å². The molecule has 5 rings (SSSR count). The van der Waals surface area contributed by atoms with Crippen molar-refractivity contribution < 1.29 is 19.4 Å². The number of amides is 1. The van der Waals surface area contributed by atoms with Crippen LogP contribution in [-0.2, 0) is 9.53 Å². The molecule has 138 valence electrons. The van der Waals surface area contributed by atoms with E-state index >= 15 is 0 Å². The maximum atomic E-state index is 12.7. The smallest absolute Gasteiger partial charge is 0.410 e. The lowest BCUT2D eigenvalue weighted by atomic mass is 9.73. The van der Waals surface area contributed by atoms with Crippen LogP contribution in [-0.4, -0.2) is 41.3 Å². The first-order valence-corrected chi connectivity index (χ1v) is 9.49. The molecule has 5 heteroatoms. The van der Waals surface area contributed by atoms with Crippen LogP contribution in [0.25, 0.3) is 11.1 Å². The second kappa shape index (κ2) is 6.12. The third kappa shape index (κ3) is 2.45. The number of rotatable bonds is 3. The number of carbonyl (C=O) groups excluding carboxylic acids is 1. The van der Waals surface area contributed by atoms with Gasteiger partial charge in [0.15, 0.2) is 0 Å². The summed E-state index contributed by atoms with van der Waals surface area (Å²) in [5, 5.41) is 9.55. The van der Waals surface area contributed by atoms with E-state index in [4.69, 9.17) is 4.74 Å². The number of aliphatic carboxylic acids is 1. The van der Waals surface area contributed by atoms with Crippen molar-refractivity contribution in [2.75, 3.05) is 13.2 Å². The van der Waals surface area contributed by atoms with Crippen LogP contribution in [0.15, 0.2) is 48.5 Å². The summed E-state index contributed by atoms with van der Waals surface area (Å²) < 4.78 is 5.65. The number of hydrogen-bond acceptors (Lipinski definition) is 3. The third-order valence-electron chi connectivity index (χ3n) is 6.47. The van der Waals surface area contributed by atoms with Gasteiger partial charge in [0.05, 0.1) is 0 Å². The number of carboxylic acids is 1. The summed E-state index contributed by atoms with van der Waals surface area (Å²) in [6, 6.07) is 15.6. The number of nitrogens with zero attached hydrogens (tertiary/aromatic N) is 1. The number of hydrogen-bond donors (Lipinski definition) is 1. The van der Waals surface area contributed by atoms with Gasteiger partial charge in [0, 0.05) is 12.5 Å². The highest BCUT2D eigenvalue weighted by Crippen LogP contribution is 2.46. The van der Waals surface area contributed by atoms with Gasteiger partial charge in [0.1, 0.15) is 12.6 Å². The number of benzene rings is 2. The molecule has 0 spiro atoms. The predicted molar refractivity (Wildman–Crippen MR) is 99.4 cm³/mol. The fourth-order valence-electron chi connectivity index (χ4n) is 5.02. The first kappa shape index (κ1) is 16.4. The molecule has 2 aliphatic carbocycles. The Balaban J connectivity index is 1.36. The molecule has 1 N–H and O–H groups in total. The van der Waals surface area contributed by atoms with Gasteiger partial charge >= 0.3 is 12.1 Å². The molecule has 1 unspecified atom stereocenters. The van der Waals surface area contributed by atoms with Crippen molar-refractivity contribution in [3.05, 3.63) is 59.7 Å². The van der Waals surface area contributed by atoms with Crippen molar-refractivity contribution in [3.8, 4) is 11.1 Å². The Bertz CT molecular complexity index is 879. The van der Waals surface area contributed by atoms with Gasteiger partial charge in [0.25, 0.3) is 0 Å². The Morgan fingerprint density at radius 2 is 1.63 bits per heavy atom. The molecular formula is C22H21NO4. The van der Waals surface area contributed by atoms with E-state index < -0.39 is 18.1 Å². The largest absolute Gasteiger partial charge is 0.480 e. The van der Waals surface area contributed by atoms with E-state index in [1.54, 1.807) is 0 Å². The van der Waals surface area contributed by atoms with E-state index in [9.17, 15) is 14.7 Å². The van der Waals surface area contributed by atoms with Gasteiger partial charge in [-0.1, -0.05) is 48.5 Å². The summed E-state index contributed by atoms with van der Waals surface area (Å²) in [7, 11) is 0. The molecule has 2 aromatic carbocycles. The Kier molecular flexibility index (Phi) is 3.71. The zero-order chi connectivity index (χ0) is 18.5. The highest BCUT2D eigenvalue weighted by molar-refractivity contribution is 5.82. The minimum atomic E-state index is -0.921. The lowest BCUT2D eigenvalue weighted by molar-refractivity contribution is -0.143. The van der Waals surface area contributed by atoms with E-state index in [0.29, 0.717) is 12.5 Å². The topological polar surface area (TPSA) is 66.8 Å². The summed E-state index contributed by atoms with van der Waals surface area (Å²) >= 11 is 0. The third-order valence-corrected chi connectivity index (χ3v) is 6.47. The summed E-state index contributed by atoms with van der Waals surface area (Å²) in [5.41, 5.74) is 4.67. The van der Waals surface area contributed by atoms with Crippen molar-refractivity contribution in [1.82, 2.24) is 4.90 Å². The Morgan fingerprint density at radius 3 is 2.19 bits per heavy atom. The highest BCUT2D eigenvalue weighted by Gasteiger charge is 2.52. The maximum Gasteiger partial charge on any atom is 0.410 e. The first-order valence-electron chi connectivity index (χ1n) is 9.49. The molecule has 2 aromatic rings. The van der Waals surface area contributed by atoms with Gasteiger partial charge < -0.3 is 9.84 Å². The van der Waals surface area contributed by atoms with Gasteiger partial charge in [-0.2, -0.15) is 0 Å². The molecule has 0 bridgehead atoms. The quantitative estimate of drug-likeness (QED) is 0.902. The standard InChI is InChI=1S/C22H21NO4/c24-21(25)20-14-10-9-13(14)11-23(20)22(26)27-12-19-17-7-3-1-5-15(17)16-6-2-4-8-18(16)19/h1-8,13-14,19-20H,9-12H2,(H,24,25)/t13-,14?,20-/m0/s1. The molecule has 1 amide bonds. The molecule has 1 aliphatic heterocycles. The molecule has 3 aliphatic rings. The molecule has 5 nitrogen and oxygen atoms in total. The fraction of sp³-hybridized carbons (Fsp3) is 0.364. The van der Waals surface area contributed by atoms with E-state index in [2.05, 4.69) is 24.3 Å². The molecule has 0 aromatic heterocycles. The second-order valence-electron chi connectivity index (χ2n) is 7.74. The average molecular weight is 363 g/mol. The molecule has 27 heavy (non-hydrogen) atoms. The Hall–Kier alpha value is -2.82. The van der Waals surface area contributed by atoms with Crippen molar-refractivity contribution >= 4 is 12.1 Å². The molecule has 0 radical (unpaired) electrons. The van der Waals surface area contributed by atoms with E-state index in [1.165, 1.54) is 16.0 Å². The van der Waals surface area contributed by atoms with E-state index in [0.717, 1.165) is 24.0 Å². The molecule has 1 saturated heterocycles. The molecule has 2 fully saturated rings. The summed E-state index contributed by atoms with van der Waals surface area (Å²) in [6.45, 7) is 0.726. The van der Waals surface area contributed by atoms with Crippen molar-refractivity contribution in [1.29, 1.82) is 0 Å². The van der Waals surface area contributed by atoms with Gasteiger partial charge in [-0.25, -0.2) is 9.59 Å². The number of carbonyl (C=O) groups is 2. The van der Waals surface area contributed by atoms with Gasteiger partial charge in [-0.15, -0.1) is 0 Å². The van der Waals surface area contributed by atoms with E-state index in [1.807, 2.05) is 24.3 Å². The van der Waals surface area contributed by atoms with Gasteiger partial charge in [0.2, 0.25) is 0 Å². The van der Waals surface area contributed by atoms with Crippen LogP contribution in [0.5, 0.6) is 0 Å². The number of carboxylic acid groups (broad SMARTS) is 1. The molecule has 3 atom stereocenters. The highest BCUT2D eigenvalue weighted by atomic mass is 16.6. The number of likely N-dealkylation sites (tertiary alicyclic amines) is 1. The average Bonchev–Trinajstić information content (AvgIpc) is 3.12. The van der Waals surface area contributed by atoms with Crippen LogP contribution in [0.4, 0.5) is 4.79 Å². The van der Waals surface area contributed by atoms with Gasteiger partial charge in [-0.3, -0.25) is 4.90 Å². The lowest BCUT2D eigenvalue weighted by Gasteiger charge is -2.31. The first-order chi connectivity index (χ1) is 13.1. The Labute approximate surface area is 157 Å². The van der Waals surface area contributed by atoms with Gasteiger partial charge in [-0.05, 0) is 46.9 Å². The zero-order valence-corrected chi connectivity index (χ0v) is 14.9. The van der Waals surface area contributed by atoms with Crippen LogP contribution < -0.4 is 0 Å². The molecule has 1 saturated carbocycles. The number of ether oxygens (including phenoxy) is 1. The summed E-state index contributed by atoms with van der Waals surface area (Å²) in [4.78, 5) is 25.8. The SMILES string of the molecule is O=C(O)[C@@H]1C2CC[C@H]2CN1C(=O)OCC1c2ccccc2-c2ccccc21. The molecular weight excluding hydrogens is 342 g/mol. The van der Waals surface area contributed by atoms with Crippen molar-refractivity contribution in [2.45, 2.75) is 24.8 Å². The summed E-state index contributed by atoms with van der Waals surface area (Å²) in [6.07, 6.45) is 1.38. The maximum absolute atomic E-state index is 12.7. The van der Waals surface area contributed by atoms with E-state index in [-0.39, 0.29) is 18.4 Å². The minimum Gasteiger partial charge on any atom is -0.480 e. The summed E-state index contributed by atoms with van der Waals surface area (Å²) in [5.74, 6) is -0.533. The van der Waals surface area contributed by atoms with Crippen LogP contribution >= 0.6 is 0 Å². The number of fused-ring (bicyclic) bond motifs is 4. The van der Waals surface area contributed by atoms with Crippen molar-refractivity contribution in [3.63, 3.8) is 0 Å². The van der Waals surface area contributed by atoms with Crippen LogP contribution in [0, 0.1) is 11.8 Å². The van der Waals surface area contributed by atoms with Crippen LogP contribution in [0.1, 0.15) is 29.9 Å².